The molecule has 0 aliphatic rings. The fourth-order valence-corrected chi connectivity index (χ4v) is 1.15. The maximum atomic E-state index is 12.3. The van der Waals surface area contributed by atoms with Crippen molar-refractivity contribution in [3.63, 3.8) is 0 Å². The Bertz CT molecular complexity index is 367. The molecule has 0 N–H and O–H groups in total. The lowest BCUT2D eigenvalue weighted by atomic mass is 10.0. The van der Waals surface area contributed by atoms with Gasteiger partial charge in [0.1, 0.15) is 0 Å². The van der Waals surface area contributed by atoms with Crippen LogP contribution in [0.2, 0.25) is 0 Å². The van der Waals surface area contributed by atoms with Crippen molar-refractivity contribution in [2.45, 2.75) is 33.9 Å². The molecule has 0 atom stereocenters. The molecular weight excluding hydrogens is 217 g/mol. The zero-order valence-corrected chi connectivity index (χ0v) is 9.77. The van der Waals surface area contributed by atoms with Gasteiger partial charge in [0.15, 0.2) is 5.78 Å². The molecule has 0 saturated carbocycles. The number of carbonyl (C=O) groups excluding carboxylic acids is 1. The predicted molar refractivity (Wildman–Crippen MR) is 57.5 cm³/mol. The van der Waals surface area contributed by atoms with E-state index >= 15 is 0 Å². The van der Waals surface area contributed by atoms with E-state index in [1.807, 2.05) is 13.8 Å². The third kappa shape index (κ3) is 4.04. The molecule has 0 spiro atoms. The van der Waals surface area contributed by atoms with Gasteiger partial charge in [-0.25, -0.2) is 0 Å². The summed E-state index contributed by atoms with van der Waals surface area (Å²) < 4.78 is 36.9. The van der Waals surface area contributed by atoms with E-state index in [-0.39, 0.29) is 11.3 Å². The van der Waals surface area contributed by atoms with Gasteiger partial charge < -0.3 is 0 Å². The monoisotopic (exact) mass is 232 g/mol. The molecule has 1 aromatic rings. The standard InChI is InChI=1S/C10H9F3O.C2H6/c1-6-3-8(7(2)14)5-9(4-6)10(11,12)13;1-2/h3-5H,1-2H3;1-2H3. The van der Waals surface area contributed by atoms with E-state index in [1.54, 1.807) is 0 Å². The molecule has 0 aromatic heterocycles. The number of halogens is 3. The van der Waals surface area contributed by atoms with Crippen LogP contribution in [-0.2, 0) is 6.18 Å². The van der Waals surface area contributed by atoms with Crippen LogP contribution in [0.15, 0.2) is 18.2 Å². The summed E-state index contributed by atoms with van der Waals surface area (Å²) in [6.45, 7) is 6.77. The largest absolute Gasteiger partial charge is 0.416 e. The number of aryl methyl sites for hydroxylation is 1. The highest BCUT2D eigenvalue weighted by molar-refractivity contribution is 5.94. The second-order valence-electron chi connectivity index (χ2n) is 3.14. The van der Waals surface area contributed by atoms with Gasteiger partial charge in [0.25, 0.3) is 0 Å². The predicted octanol–water partition coefficient (Wildman–Crippen LogP) is 4.24. The molecule has 1 aromatic carbocycles. The lowest BCUT2D eigenvalue weighted by Crippen LogP contribution is -2.07. The van der Waals surface area contributed by atoms with Crippen LogP contribution in [0.4, 0.5) is 13.2 Å². The Morgan fingerprint density at radius 1 is 1.12 bits per heavy atom. The summed E-state index contributed by atoms with van der Waals surface area (Å²) in [5.41, 5.74) is -0.245. The van der Waals surface area contributed by atoms with Crippen LogP contribution in [0.5, 0.6) is 0 Å². The van der Waals surface area contributed by atoms with Crippen molar-refractivity contribution in [1.29, 1.82) is 0 Å². The van der Waals surface area contributed by atoms with Crippen molar-refractivity contribution < 1.29 is 18.0 Å². The van der Waals surface area contributed by atoms with Crippen LogP contribution in [0.3, 0.4) is 0 Å². The zero-order valence-electron chi connectivity index (χ0n) is 9.77. The molecule has 0 unspecified atom stereocenters. The number of benzene rings is 1. The van der Waals surface area contributed by atoms with Crippen LogP contribution >= 0.6 is 0 Å². The third-order valence-electron chi connectivity index (χ3n) is 1.81. The van der Waals surface area contributed by atoms with Crippen LogP contribution in [0, 0.1) is 6.92 Å². The normalized spacial score (nSPS) is 10.4. The molecule has 1 nitrogen and oxygen atoms in total. The van der Waals surface area contributed by atoms with E-state index < -0.39 is 11.7 Å². The van der Waals surface area contributed by atoms with Crippen LogP contribution in [0.1, 0.15) is 42.3 Å². The minimum atomic E-state index is -4.39. The van der Waals surface area contributed by atoms with Crippen LogP contribution in [-0.4, -0.2) is 5.78 Å². The number of rotatable bonds is 1. The van der Waals surface area contributed by atoms with Gasteiger partial charge in [-0.3, -0.25) is 4.79 Å². The average Bonchev–Trinajstić information content (AvgIpc) is 2.18. The first-order valence-electron chi connectivity index (χ1n) is 5.00. The van der Waals surface area contributed by atoms with Crippen LogP contribution < -0.4 is 0 Å². The van der Waals surface area contributed by atoms with E-state index in [2.05, 4.69) is 0 Å². The molecule has 90 valence electrons. The second kappa shape index (κ2) is 5.68. The van der Waals surface area contributed by atoms with E-state index in [1.165, 1.54) is 19.9 Å². The van der Waals surface area contributed by atoms with Crippen molar-refractivity contribution in [3.8, 4) is 0 Å². The molecule has 1 rings (SSSR count). The summed E-state index contributed by atoms with van der Waals surface area (Å²) in [6.07, 6.45) is -4.39. The Morgan fingerprint density at radius 2 is 1.62 bits per heavy atom. The molecule has 0 heterocycles. The molecule has 16 heavy (non-hydrogen) atoms. The first-order chi connectivity index (χ1) is 7.30. The third-order valence-corrected chi connectivity index (χ3v) is 1.81. The van der Waals surface area contributed by atoms with Gasteiger partial charge in [-0.15, -0.1) is 0 Å². The molecule has 4 heteroatoms. The maximum Gasteiger partial charge on any atom is 0.416 e. The van der Waals surface area contributed by atoms with E-state index in [0.29, 0.717) is 5.56 Å². The van der Waals surface area contributed by atoms with Gasteiger partial charge in [-0.1, -0.05) is 13.8 Å². The van der Waals surface area contributed by atoms with Gasteiger partial charge in [0, 0.05) is 5.56 Å². The summed E-state index contributed by atoms with van der Waals surface area (Å²) in [7, 11) is 0. The molecule has 0 saturated heterocycles. The number of alkyl halides is 3. The minimum Gasteiger partial charge on any atom is -0.295 e. The molecule has 0 fully saturated rings. The second-order valence-corrected chi connectivity index (χ2v) is 3.14. The maximum absolute atomic E-state index is 12.3. The highest BCUT2D eigenvalue weighted by Gasteiger charge is 2.31. The van der Waals surface area contributed by atoms with Crippen molar-refractivity contribution in [2.75, 3.05) is 0 Å². The Hall–Kier alpha value is -1.32. The van der Waals surface area contributed by atoms with Crippen molar-refractivity contribution >= 4 is 5.78 Å². The molecule has 0 aliphatic carbocycles. The lowest BCUT2D eigenvalue weighted by molar-refractivity contribution is -0.137. The molecule has 0 amide bonds. The van der Waals surface area contributed by atoms with Gasteiger partial charge in [-0.2, -0.15) is 13.2 Å². The van der Waals surface area contributed by atoms with Crippen LogP contribution in [0.25, 0.3) is 0 Å². The molecule has 0 radical (unpaired) electrons. The molecular formula is C12H15F3O. The molecule has 0 aliphatic heterocycles. The van der Waals surface area contributed by atoms with E-state index in [0.717, 1.165) is 12.1 Å². The highest BCUT2D eigenvalue weighted by atomic mass is 19.4. The minimum absolute atomic E-state index is 0.0947. The Kier molecular flexibility index (Phi) is 5.21. The Balaban J connectivity index is 0.00000106. The zero-order chi connectivity index (χ0) is 12.9. The quantitative estimate of drug-likeness (QED) is 0.662. The SMILES string of the molecule is CC.CC(=O)c1cc(C)cc(C(F)(F)F)c1. The average molecular weight is 232 g/mol. The topological polar surface area (TPSA) is 17.1 Å². The Labute approximate surface area is 93.3 Å². The smallest absolute Gasteiger partial charge is 0.295 e. The number of hydrogen-bond acceptors (Lipinski definition) is 1. The summed E-state index contributed by atoms with van der Waals surface area (Å²) >= 11 is 0. The number of Topliss-reactive ketones (excluding diaryl/α,β-unsaturated/α-hetero) is 1. The number of ketones is 1. The number of hydrogen-bond donors (Lipinski definition) is 0. The van der Waals surface area contributed by atoms with Crippen molar-refractivity contribution in [2.24, 2.45) is 0 Å². The summed E-state index contributed by atoms with van der Waals surface area (Å²) in [5.74, 6) is -0.362. The summed E-state index contributed by atoms with van der Waals surface area (Å²) in [6, 6.07) is 3.33. The van der Waals surface area contributed by atoms with Crippen molar-refractivity contribution in [3.05, 3.63) is 34.9 Å². The summed E-state index contributed by atoms with van der Waals surface area (Å²) in [4.78, 5) is 10.9. The highest BCUT2D eigenvalue weighted by Crippen LogP contribution is 2.30. The van der Waals surface area contributed by atoms with Crippen molar-refractivity contribution in [1.82, 2.24) is 0 Å². The summed E-state index contributed by atoms with van der Waals surface area (Å²) in [5, 5.41) is 0. The van der Waals surface area contributed by atoms with Gasteiger partial charge >= 0.3 is 6.18 Å². The fraction of sp³-hybridized carbons (Fsp3) is 0.417. The van der Waals surface area contributed by atoms with E-state index in [9.17, 15) is 18.0 Å². The van der Waals surface area contributed by atoms with E-state index in [4.69, 9.17) is 0 Å². The fourth-order valence-electron chi connectivity index (χ4n) is 1.15. The number of carbonyl (C=O) groups is 1. The first-order valence-corrected chi connectivity index (χ1v) is 5.00. The van der Waals surface area contributed by atoms with Gasteiger partial charge in [0.2, 0.25) is 0 Å². The molecule has 0 bridgehead atoms. The Morgan fingerprint density at radius 3 is 2.00 bits per heavy atom. The lowest BCUT2D eigenvalue weighted by Gasteiger charge is -2.08. The van der Waals surface area contributed by atoms with Gasteiger partial charge in [-0.05, 0) is 37.6 Å². The first kappa shape index (κ1) is 14.7. The van der Waals surface area contributed by atoms with Gasteiger partial charge in [0.05, 0.1) is 5.56 Å².